The van der Waals surface area contributed by atoms with Gasteiger partial charge < -0.3 is 4.42 Å². The van der Waals surface area contributed by atoms with Crippen LogP contribution in [0.3, 0.4) is 0 Å². The highest BCUT2D eigenvalue weighted by atomic mass is 16.3. The summed E-state index contributed by atoms with van der Waals surface area (Å²) in [6.45, 7) is 1.92. The maximum atomic E-state index is 5.30. The minimum absolute atomic E-state index is 0.915. The molecule has 0 fully saturated rings. The number of nitrogens with zero attached hydrogens (tertiary/aromatic N) is 1. The normalized spacial score (nSPS) is 15.2. The predicted molar refractivity (Wildman–Crippen MR) is 91.8 cm³/mol. The van der Waals surface area contributed by atoms with E-state index in [1.807, 2.05) is 18.2 Å². The number of furan rings is 1. The third-order valence-corrected chi connectivity index (χ3v) is 4.36. The molecule has 0 saturated heterocycles. The molecule has 0 unspecified atom stereocenters. The van der Waals surface area contributed by atoms with Crippen molar-refractivity contribution in [3.63, 3.8) is 0 Å². The van der Waals surface area contributed by atoms with Gasteiger partial charge in [0.2, 0.25) is 0 Å². The minimum Gasteiger partial charge on any atom is -0.465 e. The Labute approximate surface area is 133 Å². The maximum absolute atomic E-state index is 5.30. The number of hydrogen-bond acceptors (Lipinski definition) is 2. The van der Waals surface area contributed by atoms with Crippen LogP contribution in [0.25, 0.3) is 6.08 Å². The van der Waals surface area contributed by atoms with Gasteiger partial charge in [0.25, 0.3) is 0 Å². The first-order valence-electron chi connectivity index (χ1n) is 8.30. The first-order valence-corrected chi connectivity index (χ1v) is 8.30. The Hall–Kier alpha value is -1.80. The van der Waals surface area contributed by atoms with E-state index >= 15 is 0 Å². The molecule has 0 spiro atoms. The summed E-state index contributed by atoms with van der Waals surface area (Å²) in [5.41, 5.74) is 4.57. The van der Waals surface area contributed by atoms with E-state index in [2.05, 4.69) is 36.2 Å². The van der Waals surface area contributed by atoms with Crippen LogP contribution in [-0.2, 0) is 19.4 Å². The van der Waals surface area contributed by atoms with Crippen LogP contribution in [0.15, 0.2) is 47.1 Å². The van der Waals surface area contributed by atoms with Crippen LogP contribution in [-0.4, -0.2) is 18.5 Å². The van der Waals surface area contributed by atoms with Crippen molar-refractivity contribution in [1.82, 2.24) is 4.90 Å². The van der Waals surface area contributed by atoms with Crippen LogP contribution in [0.5, 0.6) is 0 Å². The van der Waals surface area contributed by atoms with Gasteiger partial charge in [-0.1, -0.05) is 30.7 Å². The van der Waals surface area contributed by atoms with Gasteiger partial charge >= 0.3 is 0 Å². The predicted octanol–water partition coefficient (Wildman–Crippen LogP) is 4.69. The lowest BCUT2D eigenvalue weighted by atomic mass is 10.00. The Kier molecular flexibility index (Phi) is 5.12. The van der Waals surface area contributed by atoms with E-state index in [1.54, 1.807) is 17.4 Å². The highest BCUT2D eigenvalue weighted by Crippen LogP contribution is 2.22. The number of fused-ring (bicyclic) bond motifs is 1. The van der Waals surface area contributed by atoms with Gasteiger partial charge in [0.1, 0.15) is 5.76 Å². The molecular formula is C20H25NO. The Bertz CT molecular complexity index is 613. The molecule has 2 aromatic rings. The molecule has 1 heterocycles. The standard InChI is InChI=1S/C20H25NO/c1-21(13-5-9-20-10-6-14-22-20)16-17-11-12-18-7-3-2-4-8-19(18)15-17/h5-6,9-12,14-15H,2-4,7-8,13,16H2,1H3/b9-5+. The van der Waals surface area contributed by atoms with Crippen LogP contribution < -0.4 is 0 Å². The third kappa shape index (κ3) is 4.11. The topological polar surface area (TPSA) is 16.4 Å². The number of benzene rings is 1. The highest BCUT2D eigenvalue weighted by molar-refractivity contribution is 5.42. The Morgan fingerprint density at radius 1 is 1.09 bits per heavy atom. The molecule has 0 radical (unpaired) electrons. The Morgan fingerprint density at radius 3 is 2.77 bits per heavy atom. The van der Waals surface area contributed by atoms with Crippen LogP contribution in [0.4, 0.5) is 0 Å². The lowest BCUT2D eigenvalue weighted by Crippen LogP contribution is -2.17. The lowest BCUT2D eigenvalue weighted by molar-refractivity contribution is 0.363. The molecule has 0 saturated carbocycles. The van der Waals surface area contributed by atoms with Crippen molar-refractivity contribution < 1.29 is 4.42 Å². The molecule has 0 aliphatic heterocycles. The summed E-state index contributed by atoms with van der Waals surface area (Å²) < 4.78 is 5.30. The molecule has 0 atom stereocenters. The van der Waals surface area contributed by atoms with Crippen molar-refractivity contribution in [2.45, 2.75) is 38.6 Å². The molecule has 22 heavy (non-hydrogen) atoms. The average molecular weight is 295 g/mol. The van der Waals surface area contributed by atoms with Gasteiger partial charge in [-0.2, -0.15) is 0 Å². The second kappa shape index (κ2) is 7.46. The van der Waals surface area contributed by atoms with Crippen molar-refractivity contribution in [1.29, 1.82) is 0 Å². The summed E-state index contributed by atoms with van der Waals surface area (Å²) >= 11 is 0. The largest absolute Gasteiger partial charge is 0.465 e. The lowest BCUT2D eigenvalue weighted by Gasteiger charge is -2.16. The quantitative estimate of drug-likeness (QED) is 0.744. The second-order valence-corrected chi connectivity index (χ2v) is 6.28. The van der Waals surface area contributed by atoms with Gasteiger partial charge in [0.15, 0.2) is 0 Å². The zero-order valence-corrected chi connectivity index (χ0v) is 13.4. The summed E-state index contributed by atoms with van der Waals surface area (Å²) in [5, 5.41) is 0. The molecule has 2 nitrogen and oxygen atoms in total. The molecule has 2 heteroatoms. The molecule has 1 aliphatic rings. The fourth-order valence-electron chi connectivity index (χ4n) is 3.17. The number of likely N-dealkylation sites (N-methyl/N-ethyl adjacent to an activating group) is 1. The molecule has 1 aromatic heterocycles. The van der Waals surface area contributed by atoms with E-state index in [0.717, 1.165) is 18.8 Å². The molecular weight excluding hydrogens is 270 g/mol. The van der Waals surface area contributed by atoms with Crippen LogP contribution in [0.2, 0.25) is 0 Å². The monoisotopic (exact) mass is 295 g/mol. The van der Waals surface area contributed by atoms with Gasteiger partial charge in [0, 0.05) is 13.1 Å². The van der Waals surface area contributed by atoms with E-state index in [4.69, 9.17) is 4.42 Å². The maximum Gasteiger partial charge on any atom is 0.126 e. The summed E-state index contributed by atoms with van der Waals surface area (Å²) in [6, 6.07) is 11.0. The fourth-order valence-corrected chi connectivity index (χ4v) is 3.17. The van der Waals surface area contributed by atoms with Gasteiger partial charge in [-0.3, -0.25) is 4.90 Å². The number of rotatable bonds is 5. The van der Waals surface area contributed by atoms with Gasteiger partial charge in [-0.25, -0.2) is 0 Å². The molecule has 0 amide bonds. The molecule has 0 bridgehead atoms. The Balaban J connectivity index is 1.57. The summed E-state index contributed by atoms with van der Waals surface area (Å²) in [6.07, 6.45) is 12.5. The van der Waals surface area contributed by atoms with Crippen LogP contribution in [0.1, 0.15) is 41.7 Å². The van der Waals surface area contributed by atoms with Crippen molar-refractivity contribution in [3.05, 3.63) is 65.1 Å². The number of hydrogen-bond donors (Lipinski definition) is 0. The van der Waals surface area contributed by atoms with E-state index < -0.39 is 0 Å². The summed E-state index contributed by atoms with van der Waals surface area (Å²) in [5.74, 6) is 0.915. The summed E-state index contributed by atoms with van der Waals surface area (Å²) in [4.78, 5) is 2.33. The van der Waals surface area contributed by atoms with Gasteiger partial charge in [-0.15, -0.1) is 0 Å². The van der Waals surface area contributed by atoms with E-state index in [1.165, 1.54) is 37.7 Å². The molecule has 1 aliphatic carbocycles. The van der Waals surface area contributed by atoms with Gasteiger partial charge in [-0.05, 0) is 67.6 Å². The van der Waals surface area contributed by atoms with Crippen molar-refractivity contribution in [2.24, 2.45) is 0 Å². The molecule has 1 aromatic carbocycles. The van der Waals surface area contributed by atoms with Crippen molar-refractivity contribution in [2.75, 3.05) is 13.6 Å². The van der Waals surface area contributed by atoms with E-state index in [0.29, 0.717) is 0 Å². The van der Waals surface area contributed by atoms with Crippen LogP contribution >= 0.6 is 0 Å². The number of aryl methyl sites for hydroxylation is 2. The van der Waals surface area contributed by atoms with Crippen molar-refractivity contribution in [3.8, 4) is 0 Å². The van der Waals surface area contributed by atoms with E-state index in [9.17, 15) is 0 Å². The third-order valence-electron chi connectivity index (χ3n) is 4.36. The minimum atomic E-state index is 0.915. The van der Waals surface area contributed by atoms with Gasteiger partial charge in [0.05, 0.1) is 6.26 Å². The first-order chi connectivity index (χ1) is 10.8. The van der Waals surface area contributed by atoms with Crippen LogP contribution in [0, 0.1) is 0 Å². The fraction of sp³-hybridized carbons (Fsp3) is 0.400. The van der Waals surface area contributed by atoms with E-state index in [-0.39, 0.29) is 0 Å². The first kappa shape index (κ1) is 15.1. The SMILES string of the molecule is CN(C/C=C/c1ccco1)Cc1ccc2c(c1)CCCCC2. The zero-order valence-electron chi connectivity index (χ0n) is 13.4. The summed E-state index contributed by atoms with van der Waals surface area (Å²) in [7, 11) is 2.16. The zero-order chi connectivity index (χ0) is 15.2. The molecule has 0 N–H and O–H groups in total. The Morgan fingerprint density at radius 2 is 1.95 bits per heavy atom. The highest BCUT2D eigenvalue weighted by Gasteiger charge is 2.09. The van der Waals surface area contributed by atoms with Crippen molar-refractivity contribution >= 4 is 6.08 Å². The second-order valence-electron chi connectivity index (χ2n) is 6.28. The molecule has 3 rings (SSSR count). The smallest absolute Gasteiger partial charge is 0.126 e. The average Bonchev–Trinajstić information content (AvgIpc) is 2.91. The molecule has 116 valence electrons.